The van der Waals surface area contributed by atoms with E-state index in [1.807, 2.05) is 19.2 Å². The van der Waals surface area contributed by atoms with Crippen molar-refractivity contribution in [1.29, 1.82) is 0 Å². The van der Waals surface area contributed by atoms with E-state index in [0.29, 0.717) is 0 Å². The summed E-state index contributed by atoms with van der Waals surface area (Å²) in [6.45, 7) is 2.97. The van der Waals surface area contributed by atoms with E-state index in [9.17, 15) is 4.79 Å². The Kier molecular flexibility index (Phi) is 3.34. The number of carbonyl (C=O) groups excluding carboxylic acids is 1. The van der Waals surface area contributed by atoms with Crippen LogP contribution in [-0.4, -0.2) is 28.1 Å². The molecule has 0 amide bonds. The molecule has 0 bridgehead atoms. The molecule has 1 unspecified atom stereocenters. The third kappa shape index (κ3) is 2.28. The lowest BCUT2D eigenvalue weighted by molar-refractivity contribution is -0.105. The zero-order chi connectivity index (χ0) is 13.2. The number of aldehydes is 1. The number of fused-ring (bicyclic) bond motifs is 1. The summed E-state index contributed by atoms with van der Waals surface area (Å²) >= 11 is 1.76. The molecule has 0 saturated heterocycles. The molecule has 0 fully saturated rings. The van der Waals surface area contributed by atoms with Crippen LogP contribution < -0.4 is 0 Å². The third-order valence-electron chi connectivity index (χ3n) is 3.44. The van der Waals surface area contributed by atoms with Gasteiger partial charge >= 0.3 is 0 Å². The van der Waals surface area contributed by atoms with Crippen molar-refractivity contribution in [3.05, 3.63) is 58.9 Å². The van der Waals surface area contributed by atoms with E-state index in [-0.39, 0.29) is 5.50 Å². The van der Waals surface area contributed by atoms with Crippen molar-refractivity contribution in [2.75, 3.05) is 6.54 Å². The molecule has 1 aromatic carbocycles. The van der Waals surface area contributed by atoms with Crippen LogP contribution in [-0.2, 0) is 11.2 Å². The predicted molar refractivity (Wildman–Crippen MR) is 78.0 cm³/mol. The normalized spacial score (nSPS) is 21.2. The fraction of sp³-hybridized carbons (Fsp3) is 0.267. The predicted octanol–water partition coefficient (Wildman–Crippen LogP) is 2.78. The summed E-state index contributed by atoms with van der Waals surface area (Å²) in [5, 5.41) is 2.12. The van der Waals surface area contributed by atoms with Crippen molar-refractivity contribution in [2.45, 2.75) is 18.8 Å². The minimum absolute atomic E-state index is 0.226. The Morgan fingerprint density at radius 3 is 2.84 bits per heavy atom. The minimum atomic E-state index is 0.226. The van der Waals surface area contributed by atoms with E-state index in [2.05, 4.69) is 39.5 Å². The lowest BCUT2D eigenvalue weighted by Gasteiger charge is -2.27. The van der Waals surface area contributed by atoms with Crippen molar-refractivity contribution in [1.82, 2.24) is 9.80 Å². The molecule has 0 saturated carbocycles. The molecule has 98 valence electrons. The van der Waals surface area contributed by atoms with Crippen molar-refractivity contribution in [3.8, 4) is 0 Å². The highest BCUT2D eigenvalue weighted by Gasteiger charge is 2.36. The number of carbonyl (C=O) groups is 1. The molecule has 19 heavy (non-hydrogen) atoms. The smallest absolute Gasteiger partial charge is 0.168 e. The van der Waals surface area contributed by atoms with Crippen LogP contribution in [0.4, 0.5) is 0 Å². The van der Waals surface area contributed by atoms with Crippen LogP contribution in [0.1, 0.15) is 12.5 Å². The summed E-state index contributed by atoms with van der Waals surface area (Å²) in [4.78, 5) is 15.5. The second-order valence-electron chi connectivity index (χ2n) is 4.74. The molecule has 4 heteroatoms. The molecule has 0 aliphatic carbocycles. The molecule has 3 nitrogen and oxygen atoms in total. The van der Waals surface area contributed by atoms with Gasteiger partial charge in [0.2, 0.25) is 0 Å². The van der Waals surface area contributed by atoms with Crippen LogP contribution in [0, 0.1) is 0 Å². The highest BCUT2D eigenvalue weighted by atomic mass is 32.2. The Labute approximate surface area is 117 Å². The van der Waals surface area contributed by atoms with Gasteiger partial charge in [0.1, 0.15) is 0 Å². The van der Waals surface area contributed by atoms with Gasteiger partial charge in [-0.15, -0.1) is 0 Å². The van der Waals surface area contributed by atoms with Crippen LogP contribution in [0.2, 0.25) is 0 Å². The summed E-state index contributed by atoms with van der Waals surface area (Å²) in [6, 6.07) is 10.4. The molecule has 2 aliphatic heterocycles. The van der Waals surface area contributed by atoms with Crippen molar-refractivity contribution < 1.29 is 4.79 Å². The molecule has 1 aromatic rings. The molecule has 0 radical (unpaired) electrons. The number of nitrogens with zero attached hydrogens (tertiary/aromatic N) is 2. The van der Waals surface area contributed by atoms with Gasteiger partial charge in [0.05, 0.1) is 5.70 Å². The molecule has 0 N–H and O–H groups in total. The summed E-state index contributed by atoms with van der Waals surface area (Å²) in [7, 11) is 0. The molecule has 3 rings (SSSR count). The zero-order valence-corrected chi connectivity index (χ0v) is 11.6. The summed E-state index contributed by atoms with van der Waals surface area (Å²) in [5.41, 5.74) is 3.46. The lowest BCUT2D eigenvalue weighted by atomic mass is 10.1. The van der Waals surface area contributed by atoms with E-state index < -0.39 is 0 Å². The Balaban J connectivity index is 1.70. The number of hydrogen-bond donors (Lipinski definition) is 0. The van der Waals surface area contributed by atoms with Gasteiger partial charge in [-0.3, -0.25) is 4.79 Å². The molecule has 2 aliphatic rings. The fourth-order valence-electron chi connectivity index (χ4n) is 2.47. The first-order valence-corrected chi connectivity index (χ1v) is 7.32. The van der Waals surface area contributed by atoms with Gasteiger partial charge in [-0.05, 0) is 24.3 Å². The summed E-state index contributed by atoms with van der Waals surface area (Å²) in [6.07, 6.45) is 3.91. The number of hydrogen-bond acceptors (Lipinski definition) is 4. The van der Waals surface area contributed by atoms with Gasteiger partial charge < -0.3 is 9.80 Å². The van der Waals surface area contributed by atoms with Gasteiger partial charge in [0.25, 0.3) is 0 Å². The van der Waals surface area contributed by atoms with Crippen LogP contribution in [0.25, 0.3) is 0 Å². The lowest BCUT2D eigenvalue weighted by Crippen LogP contribution is -2.34. The maximum Gasteiger partial charge on any atom is 0.168 e. The number of benzene rings is 1. The average molecular weight is 272 g/mol. The van der Waals surface area contributed by atoms with E-state index >= 15 is 0 Å². The van der Waals surface area contributed by atoms with Crippen molar-refractivity contribution in [3.63, 3.8) is 0 Å². The first-order chi connectivity index (χ1) is 9.29. The monoisotopic (exact) mass is 272 g/mol. The van der Waals surface area contributed by atoms with Crippen LogP contribution >= 0.6 is 11.8 Å². The maximum atomic E-state index is 11.1. The molecule has 0 spiro atoms. The van der Waals surface area contributed by atoms with Crippen molar-refractivity contribution in [2.24, 2.45) is 0 Å². The molecule has 0 aromatic heterocycles. The Morgan fingerprint density at radius 2 is 2.11 bits per heavy atom. The van der Waals surface area contributed by atoms with Crippen LogP contribution in [0.15, 0.2) is 53.3 Å². The van der Waals surface area contributed by atoms with E-state index in [1.165, 1.54) is 5.56 Å². The quantitative estimate of drug-likeness (QED) is 0.786. The van der Waals surface area contributed by atoms with E-state index in [4.69, 9.17) is 0 Å². The topological polar surface area (TPSA) is 23.6 Å². The highest BCUT2D eigenvalue weighted by Crippen LogP contribution is 2.39. The second-order valence-corrected chi connectivity index (χ2v) is 5.67. The Morgan fingerprint density at radius 1 is 1.32 bits per heavy atom. The number of thioether (sulfide) groups is 1. The van der Waals surface area contributed by atoms with Gasteiger partial charge in [-0.2, -0.15) is 0 Å². The zero-order valence-electron chi connectivity index (χ0n) is 10.8. The minimum Gasteiger partial charge on any atom is -0.346 e. The number of allylic oxidation sites excluding steroid dienone is 2. The third-order valence-corrected chi connectivity index (χ3v) is 4.65. The standard InChI is InChI=1S/C15H16N2OS/c1-12-11-19-15-16(9-14(10-18)17(12)15)8-7-13-5-3-2-4-6-13/h2-6,9-11,15H,7-8H2,1H3. The van der Waals surface area contributed by atoms with E-state index in [0.717, 1.165) is 30.6 Å². The second kappa shape index (κ2) is 5.13. The highest BCUT2D eigenvalue weighted by molar-refractivity contribution is 8.02. The Bertz CT molecular complexity index is 538. The summed E-state index contributed by atoms with van der Waals surface area (Å²) < 4.78 is 0. The SMILES string of the molecule is CC1=CSC2N(CCc3ccccc3)C=C(C=O)N12. The average Bonchev–Trinajstić information content (AvgIpc) is 2.99. The molecule has 2 heterocycles. The molecule has 1 atom stereocenters. The van der Waals surface area contributed by atoms with Gasteiger partial charge in [-0.25, -0.2) is 0 Å². The fourth-order valence-corrected chi connectivity index (χ4v) is 3.63. The molecular weight excluding hydrogens is 256 g/mol. The van der Waals surface area contributed by atoms with Gasteiger partial charge in [-0.1, -0.05) is 42.1 Å². The van der Waals surface area contributed by atoms with Gasteiger partial charge in [0, 0.05) is 18.4 Å². The first-order valence-electron chi connectivity index (χ1n) is 6.38. The largest absolute Gasteiger partial charge is 0.346 e. The number of rotatable bonds is 4. The van der Waals surface area contributed by atoms with E-state index in [1.54, 1.807) is 11.8 Å². The maximum absolute atomic E-state index is 11.1. The Hall–Kier alpha value is -1.68. The molecular formula is C15H16N2OS. The van der Waals surface area contributed by atoms with Gasteiger partial charge in [0.15, 0.2) is 11.8 Å². The summed E-state index contributed by atoms with van der Waals surface area (Å²) in [5.74, 6) is 0. The first kappa shape index (κ1) is 12.4. The van der Waals surface area contributed by atoms with Crippen LogP contribution in [0.3, 0.4) is 0 Å². The van der Waals surface area contributed by atoms with Crippen LogP contribution in [0.5, 0.6) is 0 Å². The van der Waals surface area contributed by atoms with Crippen molar-refractivity contribution >= 4 is 18.0 Å².